The molecule has 2 aromatic carbocycles. The van der Waals surface area contributed by atoms with Crippen LogP contribution >= 0.6 is 23.2 Å². The average Bonchev–Trinajstić information content (AvgIpc) is 2.51. The number of unbranched alkanes of at least 4 members (excludes halogenated alkanes) is 1. The SMILES string of the molecule is CCC(Cl)CCCCOc1cc(Cl)c(O)c2ccccc12. The number of rotatable bonds is 7. The molecule has 0 fully saturated rings. The van der Waals surface area contributed by atoms with Crippen molar-refractivity contribution >= 4 is 34.0 Å². The Morgan fingerprint density at radius 2 is 1.90 bits per heavy atom. The number of aromatic hydroxyl groups is 1. The number of phenols is 1. The van der Waals surface area contributed by atoms with Crippen LogP contribution in [0.1, 0.15) is 32.6 Å². The van der Waals surface area contributed by atoms with E-state index in [1.54, 1.807) is 6.07 Å². The quantitative estimate of drug-likeness (QED) is 0.517. The zero-order chi connectivity index (χ0) is 15.2. The largest absolute Gasteiger partial charge is 0.506 e. The molecule has 0 heterocycles. The van der Waals surface area contributed by atoms with Crippen molar-refractivity contribution in [3.8, 4) is 11.5 Å². The van der Waals surface area contributed by atoms with Crippen LogP contribution in [0.4, 0.5) is 0 Å². The van der Waals surface area contributed by atoms with Crippen LogP contribution in [0.5, 0.6) is 11.5 Å². The molecule has 0 amide bonds. The Bertz CT molecular complexity index is 599. The van der Waals surface area contributed by atoms with Gasteiger partial charge >= 0.3 is 0 Å². The summed E-state index contributed by atoms with van der Waals surface area (Å²) in [6.07, 6.45) is 4.01. The lowest BCUT2D eigenvalue weighted by molar-refractivity contribution is 0.308. The average molecular weight is 327 g/mol. The minimum Gasteiger partial charge on any atom is -0.506 e. The van der Waals surface area contributed by atoms with Crippen molar-refractivity contribution in [2.75, 3.05) is 6.61 Å². The summed E-state index contributed by atoms with van der Waals surface area (Å²) in [5, 5.41) is 12.1. The second-order valence-corrected chi connectivity index (χ2v) is 6.12. The molecule has 1 N–H and O–H groups in total. The van der Waals surface area contributed by atoms with Gasteiger partial charge in [0.05, 0.1) is 11.6 Å². The van der Waals surface area contributed by atoms with Gasteiger partial charge in [0.2, 0.25) is 0 Å². The third-order valence-electron chi connectivity index (χ3n) is 3.54. The molecular formula is C17H20Cl2O2. The van der Waals surface area contributed by atoms with Crippen molar-refractivity contribution < 1.29 is 9.84 Å². The minimum atomic E-state index is 0.104. The molecule has 2 aromatic rings. The molecule has 0 bridgehead atoms. The van der Waals surface area contributed by atoms with Crippen molar-refractivity contribution in [3.05, 3.63) is 35.4 Å². The smallest absolute Gasteiger partial charge is 0.142 e. The molecule has 0 saturated heterocycles. The Morgan fingerprint density at radius 1 is 1.19 bits per heavy atom. The Hall–Kier alpha value is -1.12. The van der Waals surface area contributed by atoms with Crippen LogP contribution < -0.4 is 4.74 Å². The van der Waals surface area contributed by atoms with Gasteiger partial charge < -0.3 is 9.84 Å². The van der Waals surface area contributed by atoms with E-state index < -0.39 is 0 Å². The van der Waals surface area contributed by atoms with Crippen molar-refractivity contribution in [1.29, 1.82) is 0 Å². The Morgan fingerprint density at radius 3 is 2.62 bits per heavy atom. The summed E-state index contributed by atoms with van der Waals surface area (Å²) in [5.41, 5.74) is 0. The summed E-state index contributed by atoms with van der Waals surface area (Å²) in [5.74, 6) is 0.818. The van der Waals surface area contributed by atoms with Gasteiger partial charge in [-0.1, -0.05) is 42.8 Å². The molecule has 4 heteroatoms. The van der Waals surface area contributed by atoms with Gasteiger partial charge in [0, 0.05) is 22.2 Å². The van der Waals surface area contributed by atoms with Gasteiger partial charge in [-0.25, -0.2) is 0 Å². The molecule has 0 aliphatic carbocycles. The topological polar surface area (TPSA) is 29.5 Å². The van der Waals surface area contributed by atoms with Crippen molar-refractivity contribution in [2.45, 2.75) is 38.0 Å². The van der Waals surface area contributed by atoms with Crippen LogP contribution in [0.2, 0.25) is 5.02 Å². The molecule has 114 valence electrons. The van der Waals surface area contributed by atoms with Crippen LogP contribution in [-0.4, -0.2) is 17.1 Å². The summed E-state index contributed by atoms with van der Waals surface area (Å²) in [6, 6.07) is 9.22. The normalized spacial score (nSPS) is 12.5. The molecule has 21 heavy (non-hydrogen) atoms. The van der Waals surface area contributed by atoms with E-state index in [0.29, 0.717) is 22.8 Å². The molecule has 0 aliphatic rings. The van der Waals surface area contributed by atoms with E-state index in [2.05, 4.69) is 6.92 Å². The lowest BCUT2D eigenvalue weighted by Crippen LogP contribution is -2.01. The summed E-state index contributed by atoms with van der Waals surface area (Å²) in [6.45, 7) is 2.72. The molecule has 0 aromatic heterocycles. The van der Waals surface area contributed by atoms with E-state index in [0.717, 1.165) is 31.1 Å². The molecule has 1 unspecified atom stereocenters. The lowest BCUT2D eigenvalue weighted by atomic mass is 10.1. The van der Waals surface area contributed by atoms with Crippen LogP contribution in [0.25, 0.3) is 10.8 Å². The highest BCUT2D eigenvalue weighted by molar-refractivity contribution is 6.33. The van der Waals surface area contributed by atoms with Crippen molar-refractivity contribution in [1.82, 2.24) is 0 Å². The molecule has 0 saturated carbocycles. The fourth-order valence-corrected chi connectivity index (χ4v) is 2.62. The predicted octanol–water partition coefficient (Wildman–Crippen LogP) is 5.77. The minimum absolute atomic E-state index is 0.104. The number of hydrogen-bond acceptors (Lipinski definition) is 2. The number of hydrogen-bond donors (Lipinski definition) is 1. The van der Waals surface area contributed by atoms with Gasteiger partial charge in [-0.15, -0.1) is 11.6 Å². The number of phenolic OH excluding ortho intramolecular Hbond substituents is 1. The number of halogens is 2. The van der Waals surface area contributed by atoms with Crippen LogP contribution in [0, 0.1) is 0 Å². The Balaban J connectivity index is 2.01. The number of fused-ring (bicyclic) bond motifs is 1. The second kappa shape index (κ2) is 7.77. The van der Waals surface area contributed by atoms with Gasteiger partial charge in [0.15, 0.2) is 0 Å². The molecule has 1 atom stereocenters. The van der Waals surface area contributed by atoms with Crippen LogP contribution in [0.3, 0.4) is 0 Å². The van der Waals surface area contributed by atoms with E-state index >= 15 is 0 Å². The summed E-state index contributed by atoms with van der Waals surface area (Å²) in [4.78, 5) is 0. The highest BCUT2D eigenvalue weighted by Gasteiger charge is 2.10. The summed E-state index contributed by atoms with van der Waals surface area (Å²) < 4.78 is 5.83. The van der Waals surface area contributed by atoms with Gasteiger partial charge in [-0.05, 0) is 25.7 Å². The van der Waals surface area contributed by atoms with E-state index in [-0.39, 0.29) is 11.1 Å². The zero-order valence-electron chi connectivity index (χ0n) is 12.1. The first kappa shape index (κ1) is 16.3. The van der Waals surface area contributed by atoms with E-state index in [1.807, 2.05) is 24.3 Å². The first-order valence-corrected chi connectivity index (χ1v) is 8.12. The number of ether oxygens (including phenoxy) is 1. The highest BCUT2D eigenvalue weighted by Crippen LogP contribution is 2.38. The maximum absolute atomic E-state index is 9.98. The lowest BCUT2D eigenvalue weighted by Gasteiger charge is -2.12. The van der Waals surface area contributed by atoms with Crippen molar-refractivity contribution in [3.63, 3.8) is 0 Å². The molecule has 0 spiro atoms. The molecule has 0 radical (unpaired) electrons. The predicted molar refractivity (Wildman–Crippen MR) is 89.9 cm³/mol. The van der Waals surface area contributed by atoms with Gasteiger partial charge in [-0.3, -0.25) is 0 Å². The van der Waals surface area contributed by atoms with E-state index in [9.17, 15) is 5.11 Å². The maximum Gasteiger partial charge on any atom is 0.142 e. The van der Waals surface area contributed by atoms with Crippen LogP contribution in [-0.2, 0) is 0 Å². The molecular weight excluding hydrogens is 307 g/mol. The Labute approximate surface area is 135 Å². The molecule has 2 rings (SSSR count). The number of benzene rings is 2. The van der Waals surface area contributed by atoms with Gasteiger partial charge in [-0.2, -0.15) is 0 Å². The first-order chi connectivity index (χ1) is 10.1. The summed E-state index contributed by atoms with van der Waals surface area (Å²) in [7, 11) is 0. The standard InChI is InChI=1S/C17H20Cl2O2/c1-2-12(18)7-5-6-10-21-16-11-15(19)17(20)14-9-4-3-8-13(14)16/h3-4,8-9,11-12,20H,2,5-7,10H2,1H3. The van der Waals surface area contributed by atoms with Crippen LogP contribution in [0.15, 0.2) is 30.3 Å². The van der Waals surface area contributed by atoms with E-state index in [1.165, 1.54) is 0 Å². The van der Waals surface area contributed by atoms with Gasteiger partial charge in [0.1, 0.15) is 11.5 Å². The Kier molecular flexibility index (Phi) is 6.01. The maximum atomic E-state index is 9.98. The first-order valence-electron chi connectivity index (χ1n) is 7.30. The monoisotopic (exact) mass is 326 g/mol. The van der Waals surface area contributed by atoms with Crippen molar-refractivity contribution in [2.24, 2.45) is 0 Å². The van der Waals surface area contributed by atoms with Gasteiger partial charge in [0.25, 0.3) is 0 Å². The zero-order valence-corrected chi connectivity index (χ0v) is 13.6. The highest BCUT2D eigenvalue weighted by atomic mass is 35.5. The fourth-order valence-electron chi connectivity index (χ4n) is 2.27. The number of alkyl halides is 1. The molecule has 0 aliphatic heterocycles. The second-order valence-electron chi connectivity index (χ2n) is 5.10. The third kappa shape index (κ3) is 4.18. The summed E-state index contributed by atoms with van der Waals surface area (Å²) >= 11 is 12.1. The fraction of sp³-hybridized carbons (Fsp3) is 0.412. The third-order valence-corrected chi connectivity index (χ3v) is 4.36. The molecule has 2 nitrogen and oxygen atoms in total. The van der Waals surface area contributed by atoms with E-state index in [4.69, 9.17) is 27.9 Å².